The minimum atomic E-state index is -0.339. The molecule has 7 heteroatoms. The van der Waals surface area contributed by atoms with Crippen LogP contribution in [0.15, 0.2) is 0 Å². The van der Waals surface area contributed by atoms with Crippen molar-refractivity contribution in [1.29, 1.82) is 0 Å². The molecule has 1 rings (SSSR count). The second-order valence-corrected chi connectivity index (χ2v) is 5.19. The van der Waals surface area contributed by atoms with E-state index < -0.39 is 0 Å². The molecular weight excluding hydrogens is 254 g/mol. The first kappa shape index (κ1) is 14.6. The molecule has 18 heavy (non-hydrogen) atoms. The van der Waals surface area contributed by atoms with E-state index in [0.717, 1.165) is 0 Å². The molecule has 100 valence electrons. The molecule has 6 nitrogen and oxygen atoms in total. The Kier molecular flexibility index (Phi) is 5.70. The highest BCUT2D eigenvalue weighted by Crippen LogP contribution is 2.16. The lowest BCUT2D eigenvalue weighted by molar-refractivity contribution is -0.142. The lowest BCUT2D eigenvalue weighted by Gasteiger charge is -2.02. The number of nitrogens with one attached hydrogen (secondary N) is 1. The first-order chi connectivity index (χ1) is 8.51. The predicted molar refractivity (Wildman–Crippen MR) is 68.3 cm³/mol. The number of anilines is 1. The van der Waals surface area contributed by atoms with Gasteiger partial charge in [-0.25, -0.2) is 0 Å². The van der Waals surface area contributed by atoms with Gasteiger partial charge < -0.3 is 10.1 Å². The van der Waals surface area contributed by atoms with Gasteiger partial charge in [-0.15, -0.1) is 10.2 Å². The van der Waals surface area contributed by atoms with Crippen LogP contribution in [0.25, 0.3) is 0 Å². The topological polar surface area (TPSA) is 81.2 Å². The molecule has 0 fully saturated rings. The molecular formula is C11H17N3O3S. The van der Waals surface area contributed by atoms with Gasteiger partial charge in [-0.3, -0.25) is 9.59 Å². The average molecular weight is 271 g/mol. The number of hydrogen-bond donors (Lipinski definition) is 1. The van der Waals surface area contributed by atoms with E-state index in [1.54, 1.807) is 6.92 Å². The van der Waals surface area contributed by atoms with Gasteiger partial charge in [0.2, 0.25) is 11.0 Å². The summed E-state index contributed by atoms with van der Waals surface area (Å²) in [6.07, 6.45) is 0.526. The zero-order valence-electron chi connectivity index (χ0n) is 10.7. The average Bonchev–Trinajstić information content (AvgIpc) is 2.64. The number of esters is 1. The van der Waals surface area contributed by atoms with Gasteiger partial charge in [0.15, 0.2) is 0 Å². The third-order valence-corrected chi connectivity index (χ3v) is 2.75. The van der Waals surface area contributed by atoms with E-state index in [1.807, 2.05) is 13.8 Å². The summed E-state index contributed by atoms with van der Waals surface area (Å²) in [4.78, 5) is 22.7. The number of nitrogens with zero attached hydrogens (tertiary/aromatic N) is 2. The lowest BCUT2D eigenvalue weighted by atomic mass is 10.1. The van der Waals surface area contributed by atoms with Gasteiger partial charge in [-0.1, -0.05) is 25.2 Å². The van der Waals surface area contributed by atoms with Crippen molar-refractivity contribution in [3.8, 4) is 0 Å². The molecule has 1 aromatic rings. The summed E-state index contributed by atoms with van der Waals surface area (Å²) in [5.41, 5.74) is 0. The van der Waals surface area contributed by atoms with Gasteiger partial charge in [0.25, 0.3) is 0 Å². The fourth-order valence-electron chi connectivity index (χ4n) is 1.25. The van der Waals surface area contributed by atoms with Crippen molar-refractivity contribution in [2.45, 2.75) is 33.6 Å². The van der Waals surface area contributed by atoms with Gasteiger partial charge >= 0.3 is 5.97 Å². The zero-order valence-corrected chi connectivity index (χ0v) is 11.5. The number of rotatable bonds is 6. The molecule has 0 saturated carbocycles. The third kappa shape index (κ3) is 5.22. The Hall–Kier alpha value is -1.50. The predicted octanol–water partition coefficient (Wildman–Crippen LogP) is 1.63. The molecule has 0 aromatic carbocycles. The second kappa shape index (κ2) is 7.05. The summed E-state index contributed by atoms with van der Waals surface area (Å²) < 4.78 is 4.80. The van der Waals surface area contributed by atoms with Gasteiger partial charge in [-0.05, 0) is 12.8 Å². The maximum absolute atomic E-state index is 11.5. The fraction of sp³-hybridized carbons (Fsp3) is 0.636. The van der Waals surface area contributed by atoms with Crippen molar-refractivity contribution >= 4 is 28.3 Å². The van der Waals surface area contributed by atoms with Crippen LogP contribution >= 0.6 is 11.3 Å². The molecule has 1 aromatic heterocycles. The van der Waals surface area contributed by atoms with Crippen LogP contribution in [0.2, 0.25) is 0 Å². The summed E-state index contributed by atoms with van der Waals surface area (Å²) in [5, 5.41) is 11.2. The largest absolute Gasteiger partial charge is 0.466 e. The Bertz CT molecular complexity index is 417. The van der Waals surface area contributed by atoms with E-state index in [9.17, 15) is 9.59 Å². The van der Waals surface area contributed by atoms with E-state index in [2.05, 4.69) is 15.5 Å². The summed E-state index contributed by atoms with van der Waals surface area (Å²) in [7, 11) is 0. The van der Waals surface area contributed by atoms with Crippen LogP contribution in [0.3, 0.4) is 0 Å². The Morgan fingerprint density at radius 1 is 1.39 bits per heavy atom. The van der Waals surface area contributed by atoms with Crippen molar-refractivity contribution in [1.82, 2.24) is 10.2 Å². The highest BCUT2D eigenvalue weighted by Gasteiger charge is 2.12. The second-order valence-electron chi connectivity index (χ2n) is 4.13. The number of carbonyl (C=O) groups is 2. The molecule has 0 atom stereocenters. The van der Waals surface area contributed by atoms with Crippen molar-refractivity contribution in [3.63, 3.8) is 0 Å². The molecule has 0 spiro atoms. The van der Waals surface area contributed by atoms with Crippen LogP contribution in [0.1, 0.15) is 32.2 Å². The van der Waals surface area contributed by atoms with Crippen LogP contribution < -0.4 is 5.32 Å². The third-order valence-electron chi connectivity index (χ3n) is 1.91. The number of amides is 1. The SMILES string of the molecule is CCOC(=O)Cc1nnc(NC(=O)CC(C)C)s1. The highest BCUT2D eigenvalue weighted by atomic mass is 32.1. The van der Waals surface area contributed by atoms with Gasteiger partial charge in [-0.2, -0.15) is 0 Å². The highest BCUT2D eigenvalue weighted by molar-refractivity contribution is 7.15. The fourth-order valence-corrected chi connectivity index (χ4v) is 1.99. The quantitative estimate of drug-likeness (QED) is 0.795. The first-order valence-corrected chi connectivity index (χ1v) is 6.60. The summed E-state index contributed by atoms with van der Waals surface area (Å²) in [6.45, 7) is 6.02. The van der Waals surface area contributed by atoms with E-state index >= 15 is 0 Å². The molecule has 0 bridgehead atoms. The molecule has 0 aliphatic carbocycles. The molecule has 1 N–H and O–H groups in total. The Morgan fingerprint density at radius 2 is 2.11 bits per heavy atom. The molecule has 0 saturated heterocycles. The molecule has 0 aliphatic heterocycles. The summed E-state index contributed by atoms with van der Waals surface area (Å²) in [6, 6.07) is 0. The lowest BCUT2D eigenvalue weighted by Crippen LogP contribution is -2.13. The smallest absolute Gasteiger partial charge is 0.312 e. The Morgan fingerprint density at radius 3 is 2.72 bits per heavy atom. The van der Waals surface area contributed by atoms with E-state index in [4.69, 9.17) is 4.74 Å². The van der Waals surface area contributed by atoms with Crippen molar-refractivity contribution < 1.29 is 14.3 Å². The van der Waals surface area contributed by atoms with Gasteiger partial charge in [0.05, 0.1) is 13.0 Å². The van der Waals surface area contributed by atoms with Gasteiger partial charge in [0.1, 0.15) is 5.01 Å². The number of ether oxygens (including phenoxy) is 1. The maximum Gasteiger partial charge on any atom is 0.312 e. The van der Waals surface area contributed by atoms with Crippen LogP contribution in [0, 0.1) is 5.92 Å². The minimum Gasteiger partial charge on any atom is -0.466 e. The molecule has 1 amide bonds. The monoisotopic (exact) mass is 271 g/mol. The maximum atomic E-state index is 11.5. The molecule has 0 aliphatic rings. The number of hydrogen-bond acceptors (Lipinski definition) is 6. The Labute approximate surface area is 110 Å². The van der Waals surface area contributed by atoms with E-state index in [-0.39, 0.29) is 24.2 Å². The first-order valence-electron chi connectivity index (χ1n) is 5.79. The van der Waals surface area contributed by atoms with Crippen LogP contribution in [0.4, 0.5) is 5.13 Å². The molecule has 1 heterocycles. The Balaban J connectivity index is 2.48. The number of aromatic nitrogens is 2. The normalized spacial score (nSPS) is 10.4. The zero-order chi connectivity index (χ0) is 13.5. The summed E-state index contributed by atoms with van der Waals surface area (Å²) >= 11 is 1.19. The van der Waals surface area contributed by atoms with Crippen LogP contribution in [0.5, 0.6) is 0 Å². The van der Waals surface area contributed by atoms with E-state index in [0.29, 0.717) is 23.2 Å². The van der Waals surface area contributed by atoms with E-state index in [1.165, 1.54) is 11.3 Å². The standard InChI is InChI=1S/C11H17N3O3S/c1-4-17-10(16)6-9-13-14-11(18-9)12-8(15)5-7(2)3/h7H,4-6H2,1-3H3,(H,12,14,15). The van der Waals surface area contributed by atoms with Crippen molar-refractivity contribution in [2.24, 2.45) is 5.92 Å². The van der Waals surface area contributed by atoms with Crippen LogP contribution in [-0.2, 0) is 20.7 Å². The summed E-state index contributed by atoms with van der Waals surface area (Å²) in [5.74, 6) is -0.144. The molecule has 0 radical (unpaired) electrons. The number of carbonyl (C=O) groups excluding carboxylic acids is 2. The van der Waals surface area contributed by atoms with Crippen molar-refractivity contribution in [3.05, 3.63) is 5.01 Å². The minimum absolute atomic E-state index is 0.0888. The molecule has 0 unspecified atom stereocenters. The van der Waals surface area contributed by atoms with Crippen molar-refractivity contribution in [2.75, 3.05) is 11.9 Å². The van der Waals surface area contributed by atoms with Gasteiger partial charge in [0, 0.05) is 6.42 Å². The van der Waals surface area contributed by atoms with Crippen LogP contribution in [-0.4, -0.2) is 28.7 Å².